The number of halogens is 2. The molecule has 0 heterocycles. The van der Waals surface area contributed by atoms with Gasteiger partial charge in [0, 0.05) is 4.47 Å². The molecule has 0 N–H and O–H groups in total. The number of ether oxygens (including phenoxy) is 1. The van der Waals surface area contributed by atoms with E-state index in [1.807, 2.05) is 6.07 Å². The number of benzene rings is 2. The molecule has 0 aromatic heterocycles. The van der Waals surface area contributed by atoms with Gasteiger partial charge in [0.05, 0.1) is 11.9 Å². The van der Waals surface area contributed by atoms with Gasteiger partial charge in [-0.1, -0.05) is 50.1 Å². The lowest BCUT2D eigenvalue weighted by molar-refractivity contribution is 0.414. The molecule has 0 amide bonds. The van der Waals surface area contributed by atoms with E-state index in [0.29, 0.717) is 0 Å². The van der Waals surface area contributed by atoms with E-state index in [2.05, 4.69) is 76.0 Å². The molecular formula is C16H16Br2O. The van der Waals surface area contributed by atoms with Gasteiger partial charge >= 0.3 is 0 Å². The molecule has 0 saturated heterocycles. The summed E-state index contributed by atoms with van der Waals surface area (Å²) in [5.74, 6) is 0.894. The Labute approximate surface area is 131 Å². The van der Waals surface area contributed by atoms with Gasteiger partial charge in [-0.2, -0.15) is 0 Å². The summed E-state index contributed by atoms with van der Waals surface area (Å²) in [7, 11) is 1.69. The smallest absolute Gasteiger partial charge is 0.119 e. The van der Waals surface area contributed by atoms with Gasteiger partial charge in [0.15, 0.2) is 0 Å². The Morgan fingerprint density at radius 3 is 2.32 bits per heavy atom. The van der Waals surface area contributed by atoms with Crippen LogP contribution in [-0.2, 0) is 0 Å². The monoisotopic (exact) mass is 382 g/mol. The zero-order valence-electron chi connectivity index (χ0n) is 11.2. The first-order chi connectivity index (χ1) is 9.02. The van der Waals surface area contributed by atoms with Crippen LogP contribution in [0.1, 0.15) is 27.1 Å². The van der Waals surface area contributed by atoms with Crippen LogP contribution in [0.5, 0.6) is 5.75 Å². The van der Waals surface area contributed by atoms with Crippen LogP contribution in [0.4, 0.5) is 0 Å². The minimum absolute atomic E-state index is 0.190. The minimum Gasteiger partial charge on any atom is -0.497 e. The fraction of sp³-hybridized carbons (Fsp3) is 0.250. The Morgan fingerprint density at radius 2 is 1.74 bits per heavy atom. The lowest BCUT2D eigenvalue weighted by atomic mass is 9.99. The molecule has 0 aliphatic rings. The summed E-state index contributed by atoms with van der Waals surface area (Å²) in [5, 5.41) is 0. The number of aryl methyl sites for hydroxylation is 2. The molecular weight excluding hydrogens is 368 g/mol. The number of alkyl halides is 1. The van der Waals surface area contributed by atoms with Gasteiger partial charge < -0.3 is 4.74 Å². The van der Waals surface area contributed by atoms with E-state index in [0.717, 1.165) is 10.2 Å². The molecule has 0 spiro atoms. The molecule has 1 unspecified atom stereocenters. The van der Waals surface area contributed by atoms with Crippen molar-refractivity contribution < 1.29 is 4.74 Å². The van der Waals surface area contributed by atoms with Gasteiger partial charge in [-0.25, -0.2) is 0 Å². The van der Waals surface area contributed by atoms with Gasteiger partial charge in [-0.3, -0.25) is 0 Å². The third-order valence-corrected chi connectivity index (χ3v) is 5.11. The van der Waals surface area contributed by atoms with Crippen molar-refractivity contribution in [3.05, 3.63) is 63.1 Å². The summed E-state index contributed by atoms with van der Waals surface area (Å²) in [4.78, 5) is 0.190. The maximum Gasteiger partial charge on any atom is 0.119 e. The first kappa shape index (κ1) is 14.6. The standard InChI is InChI=1S/C16H16Br2O/c1-10-4-5-12(9-15(10)17)16(18)14-7-6-13(19-3)8-11(14)2/h4-9,16H,1-3H3. The highest BCUT2D eigenvalue weighted by Crippen LogP contribution is 2.35. The predicted octanol–water partition coefficient (Wildman–Crippen LogP) is 5.56. The van der Waals surface area contributed by atoms with Crippen LogP contribution in [0, 0.1) is 13.8 Å². The average Bonchev–Trinajstić information content (AvgIpc) is 2.41. The molecule has 1 atom stereocenters. The second kappa shape index (κ2) is 6.10. The van der Waals surface area contributed by atoms with Gasteiger partial charge in [0.2, 0.25) is 0 Å². The molecule has 1 nitrogen and oxygen atoms in total. The van der Waals surface area contributed by atoms with E-state index in [1.165, 1.54) is 22.3 Å². The Hall–Kier alpha value is -0.800. The van der Waals surface area contributed by atoms with Crippen molar-refractivity contribution >= 4 is 31.9 Å². The van der Waals surface area contributed by atoms with Gasteiger partial charge in [-0.15, -0.1) is 0 Å². The molecule has 0 saturated carbocycles. The summed E-state index contributed by atoms with van der Waals surface area (Å²) in [6.07, 6.45) is 0. The molecule has 100 valence electrons. The van der Waals surface area contributed by atoms with Crippen molar-refractivity contribution in [3.63, 3.8) is 0 Å². The number of hydrogen-bond acceptors (Lipinski definition) is 1. The Bertz CT molecular complexity index is 593. The van der Waals surface area contributed by atoms with Crippen molar-refractivity contribution in [1.82, 2.24) is 0 Å². The summed E-state index contributed by atoms with van der Waals surface area (Å²) >= 11 is 7.38. The van der Waals surface area contributed by atoms with Gasteiger partial charge in [0.1, 0.15) is 5.75 Å². The molecule has 0 aliphatic carbocycles. The van der Waals surface area contributed by atoms with E-state index >= 15 is 0 Å². The molecule has 2 aromatic rings. The van der Waals surface area contributed by atoms with Crippen molar-refractivity contribution in [2.45, 2.75) is 18.7 Å². The maximum atomic E-state index is 5.25. The number of rotatable bonds is 3. The van der Waals surface area contributed by atoms with Crippen LogP contribution >= 0.6 is 31.9 Å². The molecule has 2 aromatic carbocycles. The van der Waals surface area contributed by atoms with Crippen LogP contribution in [0.15, 0.2) is 40.9 Å². The zero-order valence-corrected chi connectivity index (χ0v) is 14.4. The predicted molar refractivity (Wildman–Crippen MR) is 87.4 cm³/mol. The highest BCUT2D eigenvalue weighted by molar-refractivity contribution is 9.10. The molecule has 19 heavy (non-hydrogen) atoms. The van der Waals surface area contributed by atoms with Gasteiger partial charge in [0.25, 0.3) is 0 Å². The molecule has 3 heteroatoms. The highest BCUT2D eigenvalue weighted by Gasteiger charge is 2.14. The minimum atomic E-state index is 0.190. The first-order valence-corrected chi connectivity index (χ1v) is 7.78. The molecule has 2 rings (SSSR count). The molecule has 0 radical (unpaired) electrons. The number of methoxy groups -OCH3 is 1. The van der Waals surface area contributed by atoms with Gasteiger partial charge in [-0.05, 0) is 54.3 Å². The first-order valence-electron chi connectivity index (χ1n) is 6.07. The van der Waals surface area contributed by atoms with Crippen molar-refractivity contribution in [3.8, 4) is 5.75 Å². The van der Waals surface area contributed by atoms with Crippen molar-refractivity contribution in [1.29, 1.82) is 0 Å². The number of hydrogen-bond donors (Lipinski definition) is 0. The fourth-order valence-corrected chi connectivity index (χ4v) is 3.20. The van der Waals surface area contributed by atoms with E-state index in [1.54, 1.807) is 7.11 Å². The Balaban J connectivity index is 2.38. The average molecular weight is 384 g/mol. The van der Waals surface area contributed by atoms with E-state index in [9.17, 15) is 0 Å². The maximum absolute atomic E-state index is 5.25. The molecule has 0 aliphatic heterocycles. The third kappa shape index (κ3) is 3.21. The van der Waals surface area contributed by atoms with E-state index < -0.39 is 0 Å². The van der Waals surface area contributed by atoms with Crippen LogP contribution in [-0.4, -0.2) is 7.11 Å². The van der Waals surface area contributed by atoms with Crippen LogP contribution in [0.2, 0.25) is 0 Å². The second-order valence-corrected chi connectivity index (χ2v) is 6.36. The molecule has 0 bridgehead atoms. The second-order valence-electron chi connectivity index (χ2n) is 4.59. The Kier molecular flexibility index (Phi) is 4.69. The molecule has 0 fully saturated rings. The highest BCUT2D eigenvalue weighted by atomic mass is 79.9. The normalized spacial score (nSPS) is 12.3. The summed E-state index contributed by atoms with van der Waals surface area (Å²) in [5.41, 5.74) is 4.97. The topological polar surface area (TPSA) is 9.23 Å². The SMILES string of the molecule is COc1ccc(C(Br)c2ccc(C)c(Br)c2)c(C)c1. The Morgan fingerprint density at radius 1 is 1.00 bits per heavy atom. The third-order valence-electron chi connectivity index (χ3n) is 3.24. The fourth-order valence-electron chi connectivity index (χ4n) is 2.01. The zero-order chi connectivity index (χ0) is 14.0. The summed E-state index contributed by atoms with van der Waals surface area (Å²) in [6.45, 7) is 4.20. The van der Waals surface area contributed by atoms with Crippen LogP contribution in [0.25, 0.3) is 0 Å². The van der Waals surface area contributed by atoms with E-state index in [-0.39, 0.29) is 4.83 Å². The van der Waals surface area contributed by atoms with Crippen LogP contribution < -0.4 is 4.74 Å². The summed E-state index contributed by atoms with van der Waals surface area (Å²) < 4.78 is 6.39. The van der Waals surface area contributed by atoms with Crippen molar-refractivity contribution in [2.24, 2.45) is 0 Å². The quantitative estimate of drug-likeness (QED) is 0.630. The lowest BCUT2D eigenvalue weighted by Crippen LogP contribution is -1.97. The summed E-state index contributed by atoms with van der Waals surface area (Å²) in [6, 6.07) is 12.6. The van der Waals surface area contributed by atoms with E-state index in [4.69, 9.17) is 4.74 Å². The largest absolute Gasteiger partial charge is 0.497 e. The van der Waals surface area contributed by atoms with Crippen LogP contribution in [0.3, 0.4) is 0 Å². The van der Waals surface area contributed by atoms with Crippen molar-refractivity contribution in [2.75, 3.05) is 7.11 Å². The lowest BCUT2D eigenvalue weighted by Gasteiger charge is -2.15.